The Labute approximate surface area is 93.5 Å². The molecule has 0 aliphatic carbocycles. The van der Waals surface area contributed by atoms with Crippen LogP contribution in [-0.2, 0) is 5.60 Å². The molecule has 0 radical (unpaired) electrons. The van der Waals surface area contributed by atoms with Crippen LogP contribution in [0.15, 0.2) is 22.9 Å². The zero-order chi connectivity index (χ0) is 10.8. The summed E-state index contributed by atoms with van der Waals surface area (Å²) >= 11 is 3.28. The summed E-state index contributed by atoms with van der Waals surface area (Å²) in [4.78, 5) is 4.13. The number of rotatable bonds is 3. The average Bonchev–Trinajstić information content (AvgIpc) is 2.17. The van der Waals surface area contributed by atoms with Crippen LogP contribution < -0.4 is 0 Å². The van der Waals surface area contributed by atoms with Gasteiger partial charge in [0.05, 0.1) is 5.60 Å². The van der Waals surface area contributed by atoms with Crippen LogP contribution in [-0.4, -0.2) is 10.1 Å². The number of halogens is 1. The second kappa shape index (κ2) is 4.41. The highest BCUT2D eigenvalue weighted by Gasteiger charge is 2.31. The molecule has 3 heteroatoms. The molecular formula is C11H16BrNO. The molecule has 0 saturated heterocycles. The van der Waals surface area contributed by atoms with Gasteiger partial charge in [-0.15, -0.1) is 0 Å². The Hall–Kier alpha value is -0.410. The summed E-state index contributed by atoms with van der Waals surface area (Å²) < 4.78 is 0.795. The van der Waals surface area contributed by atoms with Gasteiger partial charge in [-0.25, -0.2) is 4.98 Å². The van der Waals surface area contributed by atoms with Crippen LogP contribution in [0, 0.1) is 5.92 Å². The van der Waals surface area contributed by atoms with E-state index in [1.165, 1.54) is 0 Å². The van der Waals surface area contributed by atoms with Gasteiger partial charge in [-0.3, -0.25) is 0 Å². The normalized spacial score (nSPS) is 15.6. The third-order valence-corrected chi connectivity index (χ3v) is 3.19. The molecule has 1 N–H and O–H groups in total. The van der Waals surface area contributed by atoms with Crippen LogP contribution in [0.1, 0.15) is 32.8 Å². The topological polar surface area (TPSA) is 33.1 Å². The molecule has 1 atom stereocenters. The Morgan fingerprint density at radius 1 is 1.50 bits per heavy atom. The molecule has 0 bridgehead atoms. The van der Waals surface area contributed by atoms with Crippen molar-refractivity contribution >= 4 is 15.9 Å². The molecule has 0 saturated carbocycles. The van der Waals surface area contributed by atoms with Crippen LogP contribution in [0.2, 0.25) is 0 Å². The van der Waals surface area contributed by atoms with E-state index in [-0.39, 0.29) is 5.92 Å². The van der Waals surface area contributed by atoms with Crippen LogP contribution in [0.5, 0.6) is 0 Å². The Bertz CT molecular complexity index is 297. The molecule has 1 unspecified atom stereocenters. The minimum Gasteiger partial charge on any atom is -0.385 e. The molecule has 0 aliphatic rings. The molecule has 0 amide bonds. The van der Waals surface area contributed by atoms with E-state index in [1.807, 2.05) is 32.9 Å². The van der Waals surface area contributed by atoms with E-state index in [0.29, 0.717) is 6.42 Å². The lowest BCUT2D eigenvalue weighted by molar-refractivity contribution is -0.0143. The van der Waals surface area contributed by atoms with Gasteiger partial charge in [0, 0.05) is 11.8 Å². The fraction of sp³-hybridized carbons (Fsp3) is 0.545. The maximum Gasteiger partial charge on any atom is 0.106 e. The number of aliphatic hydroxyl groups is 1. The van der Waals surface area contributed by atoms with Crippen molar-refractivity contribution in [1.82, 2.24) is 4.98 Å². The molecule has 0 aromatic carbocycles. The first-order valence-electron chi connectivity index (χ1n) is 4.85. The van der Waals surface area contributed by atoms with Gasteiger partial charge in [-0.05, 0) is 34.3 Å². The van der Waals surface area contributed by atoms with Crippen molar-refractivity contribution in [3.63, 3.8) is 0 Å². The van der Waals surface area contributed by atoms with E-state index >= 15 is 0 Å². The Balaban J connectivity index is 3.06. The quantitative estimate of drug-likeness (QED) is 0.845. The van der Waals surface area contributed by atoms with E-state index in [0.717, 1.165) is 10.2 Å². The van der Waals surface area contributed by atoms with Gasteiger partial charge in [0.1, 0.15) is 4.60 Å². The molecule has 0 aliphatic heterocycles. The second-order valence-corrected chi connectivity index (χ2v) is 4.61. The lowest BCUT2D eigenvalue weighted by Crippen LogP contribution is -2.31. The maximum absolute atomic E-state index is 10.4. The minimum absolute atomic E-state index is 0.190. The summed E-state index contributed by atoms with van der Waals surface area (Å²) in [5.41, 5.74) is 0.131. The van der Waals surface area contributed by atoms with Crippen LogP contribution >= 0.6 is 15.9 Å². The Morgan fingerprint density at radius 2 is 2.14 bits per heavy atom. The standard InChI is InChI=1S/C11H16BrNO/c1-4-11(14,8(2)3)9-5-6-10(12)13-7-9/h5-8,14H,4H2,1-3H3. The molecule has 78 valence electrons. The van der Waals surface area contributed by atoms with Gasteiger partial charge in [0.15, 0.2) is 0 Å². The summed E-state index contributed by atoms with van der Waals surface area (Å²) in [6, 6.07) is 3.78. The van der Waals surface area contributed by atoms with Crippen molar-refractivity contribution in [2.24, 2.45) is 5.92 Å². The summed E-state index contributed by atoms with van der Waals surface area (Å²) in [5.74, 6) is 0.190. The minimum atomic E-state index is -0.756. The van der Waals surface area contributed by atoms with Gasteiger partial charge in [-0.2, -0.15) is 0 Å². The molecule has 1 aromatic heterocycles. The summed E-state index contributed by atoms with van der Waals surface area (Å²) in [7, 11) is 0. The number of aromatic nitrogens is 1. The lowest BCUT2D eigenvalue weighted by Gasteiger charge is -2.31. The zero-order valence-electron chi connectivity index (χ0n) is 8.79. The molecule has 1 heterocycles. The van der Waals surface area contributed by atoms with E-state index in [2.05, 4.69) is 20.9 Å². The van der Waals surface area contributed by atoms with Gasteiger partial charge in [-0.1, -0.05) is 26.8 Å². The third-order valence-electron chi connectivity index (χ3n) is 2.72. The number of nitrogens with zero attached hydrogens (tertiary/aromatic N) is 1. The Morgan fingerprint density at radius 3 is 2.50 bits per heavy atom. The van der Waals surface area contributed by atoms with Gasteiger partial charge in [0.2, 0.25) is 0 Å². The van der Waals surface area contributed by atoms with Crippen LogP contribution in [0.4, 0.5) is 0 Å². The first-order valence-corrected chi connectivity index (χ1v) is 5.64. The van der Waals surface area contributed by atoms with E-state index in [9.17, 15) is 5.11 Å². The molecular weight excluding hydrogens is 242 g/mol. The van der Waals surface area contributed by atoms with E-state index < -0.39 is 5.60 Å². The van der Waals surface area contributed by atoms with Crippen LogP contribution in [0.25, 0.3) is 0 Å². The number of pyridine rings is 1. The predicted octanol–water partition coefficient (Wildman–Crippen LogP) is 3.10. The van der Waals surface area contributed by atoms with Crippen molar-refractivity contribution in [2.75, 3.05) is 0 Å². The summed E-state index contributed by atoms with van der Waals surface area (Å²) in [6.45, 7) is 6.03. The highest BCUT2D eigenvalue weighted by atomic mass is 79.9. The van der Waals surface area contributed by atoms with Gasteiger partial charge in [0.25, 0.3) is 0 Å². The van der Waals surface area contributed by atoms with Crippen molar-refractivity contribution in [1.29, 1.82) is 0 Å². The fourth-order valence-electron chi connectivity index (χ4n) is 1.58. The first-order chi connectivity index (χ1) is 6.50. The molecule has 1 rings (SSSR count). The third kappa shape index (κ3) is 2.15. The fourth-order valence-corrected chi connectivity index (χ4v) is 1.81. The summed E-state index contributed by atoms with van der Waals surface area (Å²) in [6.07, 6.45) is 2.43. The molecule has 0 spiro atoms. The summed E-state index contributed by atoms with van der Waals surface area (Å²) in [5, 5.41) is 10.4. The first kappa shape index (κ1) is 11.7. The smallest absolute Gasteiger partial charge is 0.106 e. The molecule has 2 nitrogen and oxygen atoms in total. The van der Waals surface area contributed by atoms with Crippen molar-refractivity contribution in [2.45, 2.75) is 32.8 Å². The van der Waals surface area contributed by atoms with Crippen molar-refractivity contribution < 1.29 is 5.11 Å². The maximum atomic E-state index is 10.4. The highest BCUT2D eigenvalue weighted by molar-refractivity contribution is 9.10. The van der Waals surface area contributed by atoms with E-state index in [1.54, 1.807) is 6.20 Å². The average molecular weight is 258 g/mol. The zero-order valence-corrected chi connectivity index (χ0v) is 10.4. The number of hydrogen-bond donors (Lipinski definition) is 1. The van der Waals surface area contributed by atoms with Crippen LogP contribution in [0.3, 0.4) is 0 Å². The monoisotopic (exact) mass is 257 g/mol. The van der Waals surface area contributed by atoms with Crippen molar-refractivity contribution in [3.05, 3.63) is 28.5 Å². The van der Waals surface area contributed by atoms with Gasteiger partial charge < -0.3 is 5.11 Å². The Kier molecular flexibility index (Phi) is 3.67. The van der Waals surface area contributed by atoms with Crippen molar-refractivity contribution in [3.8, 4) is 0 Å². The largest absolute Gasteiger partial charge is 0.385 e. The highest BCUT2D eigenvalue weighted by Crippen LogP contribution is 2.32. The second-order valence-electron chi connectivity index (χ2n) is 3.80. The lowest BCUT2D eigenvalue weighted by atomic mass is 9.82. The van der Waals surface area contributed by atoms with Gasteiger partial charge >= 0.3 is 0 Å². The van der Waals surface area contributed by atoms with E-state index in [4.69, 9.17) is 0 Å². The molecule has 1 aromatic rings. The number of hydrogen-bond acceptors (Lipinski definition) is 2. The predicted molar refractivity (Wildman–Crippen MR) is 61.0 cm³/mol. The molecule has 14 heavy (non-hydrogen) atoms. The SMILES string of the molecule is CCC(O)(c1ccc(Br)nc1)C(C)C. The molecule has 0 fully saturated rings.